The first kappa shape index (κ1) is 13.2. The van der Waals surface area contributed by atoms with Crippen molar-refractivity contribution in [3.63, 3.8) is 0 Å². The van der Waals surface area contributed by atoms with E-state index in [0.717, 1.165) is 0 Å². The minimum absolute atomic E-state index is 0.112. The summed E-state index contributed by atoms with van der Waals surface area (Å²) in [5.41, 5.74) is 6.15. The zero-order valence-corrected chi connectivity index (χ0v) is 10.7. The Kier molecular flexibility index (Phi) is 4.19. The van der Waals surface area contributed by atoms with Crippen LogP contribution in [0.25, 0.3) is 5.82 Å². The van der Waals surface area contributed by atoms with E-state index in [4.69, 9.17) is 5.73 Å². The second kappa shape index (κ2) is 6.05. The van der Waals surface area contributed by atoms with Crippen LogP contribution in [0.15, 0.2) is 31.0 Å². The maximum absolute atomic E-state index is 12.0. The summed E-state index contributed by atoms with van der Waals surface area (Å²) in [5.74, 6) is 0.211. The van der Waals surface area contributed by atoms with Gasteiger partial charge in [-0.05, 0) is 18.6 Å². The molecule has 2 aromatic heterocycles. The van der Waals surface area contributed by atoms with Gasteiger partial charge in [0.25, 0.3) is 0 Å². The van der Waals surface area contributed by atoms with Crippen molar-refractivity contribution < 1.29 is 4.79 Å². The number of rotatable bonds is 5. The van der Waals surface area contributed by atoms with Crippen LogP contribution < -0.4 is 11.1 Å². The summed E-state index contributed by atoms with van der Waals surface area (Å²) in [6.45, 7) is 2.25. The Morgan fingerprint density at radius 3 is 3.05 bits per heavy atom. The monoisotopic (exact) mass is 260 g/mol. The number of nitrogens with one attached hydrogen (secondary N) is 1. The Morgan fingerprint density at radius 1 is 1.58 bits per heavy atom. The highest BCUT2D eigenvalue weighted by molar-refractivity contribution is 5.94. The topological polar surface area (TPSA) is 98.7 Å². The molecule has 0 spiro atoms. The van der Waals surface area contributed by atoms with E-state index < -0.39 is 0 Å². The number of anilines is 1. The fraction of sp³-hybridized carbons (Fsp3) is 0.333. The number of carbonyl (C=O) groups excluding carboxylic acids is 1. The van der Waals surface area contributed by atoms with Crippen molar-refractivity contribution in [3.05, 3.63) is 31.0 Å². The van der Waals surface area contributed by atoms with E-state index in [9.17, 15) is 4.79 Å². The van der Waals surface area contributed by atoms with Crippen molar-refractivity contribution >= 4 is 11.6 Å². The molecule has 1 amide bonds. The van der Waals surface area contributed by atoms with Gasteiger partial charge in [-0.15, -0.1) is 0 Å². The fourth-order valence-corrected chi connectivity index (χ4v) is 1.69. The molecular weight excluding hydrogens is 244 g/mol. The number of nitrogens with zero attached hydrogens (tertiary/aromatic N) is 4. The molecule has 1 unspecified atom stereocenters. The molecule has 7 heteroatoms. The second-order valence-corrected chi connectivity index (χ2v) is 4.04. The molecule has 0 aliphatic rings. The SMILES string of the molecule is CCC(CN)C(=O)Nc1cccnc1-n1cncn1. The van der Waals surface area contributed by atoms with Gasteiger partial charge in [-0.3, -0.25) is 4.79 Å². The Labute approximate surface area is 110 Å². The predicted molar refractivity (Wildman–Crippen MR) is 70.6 cm³/mol. The highest BCUT2D eigenvalue weighted by Crippen LogP contribution is 2.17. The van der Waals surface area contributed by atoms with Crippen molar-refractivity contribution in [2.24, 2.45) is 11.7 Å². The van der Waals surface area contributed by atoms with Crippen molar-refractivity contribution in [1.29, 1.82) is 0 Å². The Balaban J connectivity index is 2.24. The van der Waals surface area contributed by atoms with E-state index in [0.29, 0.717) is 24.5 Å². The highest BCUT2D eigenvalue weighted by atomic mass is 16.1. The molecule has 19 heavy (non-hydrogen) atoms. The Morgan fingerprint density at radius 2 is 2.42 bits per heavy atom. The number of carbonyl (C=O) groups is 1. The van der Waals surface area contributed by atoms with Crippen LogP contribution in [0.1, 0.15) is 13.3 Å². The number of pyridine rings is 1. The maximum atomic E-state index is 12.0. The molecule has 2 rings (SSSR count). The van der Waals surface area contributed by atoms with E-state index in [2.05, 4.69) is 20.4 Å². The van der Waals surface area contributed by atoms with E-state index in [-0.39, 0.29) is 11.8 Å². The molecule has 0 radical (unpaired) electrons. The summed E-state index contributed by atoms with van der Waals surface area (Å²) in [7, 11) is 0. The quantitative estimate of drug-likeness (QED) is 0.819. The number of amides is 1. The lowest BCUT2D eigenvalue weighted by Gasteiger charge is -2.14. The van der Waals surface area contributed by atoms with Crippen LogP contribution in [0.2, 0.25) is 0 Å². The average molecular weight is 260 g/mol. The summed E-state index contributed by atoms with van der Waals surface area (Å²) in [5, 5.41) is 6.84. The standard InChI is InChI=1S/C12H16N6O/c1-2-9(6-13)12(19)17-10-4-3-5-15-11(10)18-8-14-7-16-18/h3-5,7-9H,2,6,13H2,1H3,(H,17,19). The Bertz CT molecular complexity index is 535. The lowest BCUT2D eigenvalue weighted by molar-refractivity contribution is -0.119. The van der Waals surface area contributed by atoms with Gasteiger partial charge in [-0.2, -0.15) is 5.10 Å². The lowest BCUT2D eigenvalue weighted by Crippen LogP contribution is -2.29. The maximum Gasteiger partial charge on any atom is 0.228 e. The molecule has 0 fully saturated rings. The van der Waals surface area contributed by atoms with Crippen molar-refractivity contribution in [3.8, 4) is 5.82 Å². The molecule has 0 aliphatic carbocycles. The van der Waals surface area contributed by atoms with Gasteiger partial charge in [0.1, 0.15) is 12.7 Å². The van der Waals surface area contributed by atoms with Gasteiger partial charge in [0.05, 0.1) is 11.6 Å². The molecule has 1 atom stereocenters. The van der Waals surface area contributed by atoms with Crippen molar-refractivity contribution in [2.75, 3.05) is 11.9 Å². The molecule has 0 aromatic carbocycles. The summed E-state index contributed by atoms with van der Waals surface area (Å²) >= 11 is 0. The normalized spacial score (nSPS) is 12.1. The first-order chi connectivity index (χ1) is 9.26. The molecule has 0 aliphatic heterocycles. The molecular formula is C12H16N6O. The molecule has 0 saturated carbocycles. The first-order valence-corrected chi connectivity index (χ1v) is 6.07. The minimum atomic E-state index is -0.205. The number of nitrogens with two attached hydrogens (primary N) is 1. The van der Waals surface area contributed by atoms with Crippen molar-refractivity contribution in [2.45, 2.75) is 13.3 Å². The van der Waals surface area contributed by atoms with E-state index >= 15 is 0 Å². The molecule has 3 N–H and O–H groups in total. The van der Waals surface area contributed by atoms with Gasteiger partial charge in [0.15, 0.2) is 5.82 Å². The minimum Gasteiger partial charge on any atom is -0.330 e. The predicted octanol–water partition coefficient (Wildman–Crippen LogP) is 0.586. The average Bonchev–Trinajstić information content (AvgIpc) is 2.94. The molecule has 0 saturated heterocycles. The van der Waals surface area contributed by atoms with Crippen LogP contribution in [0.5, 0.6) is 0 Å². The third kappa shape index (κ3) is 2.94. The fourth-order valence-electron chi connectivity index (χ4n) is 1.69. The summed E-state index contributed by atoms with van der Waals surface area (Å²) in [6.07, 6.45) is 5.27. The largest absolute Gasteiger partial charge is 0.330 e. The molecule has 2 heterocycles. The molecule has 100 valence electrons. The van der Waals surface area contributed by atoms with Crippen LogP contribution in [0.3, 0.4) is 0 Å². The van der Waals surface area contributed by atoms with E-state index in [1.807, 2.05) is 6.92 Å². The number of aromatic nitrogens is 4. The molecule has 0 bridgehead atoms. The summed E-state index contributed by atoms with van der Waals surface area (Å²) < 4.78 is 1.50. The first-order valence-electron chi connectivity index (χ1n) is 6.07. The third-order valence-electron chi connectivity index (χ3n) is 2.83. The van der Waals surface area contributed by atoms with Gasteiger partial charge in [0, 0.05) is 12.7 Å². The molecule has 7 nitrogen and oxygen atoms in total. The van der Waals surface area contributed by atoms with Crippen LogP contribution in [0, 0.1) is 5.92 Å². The lowest BCUT2D eigenvalue weighted by atomic mass is 10.1. The Hall–Kier alpha value is -2.28. The zero-order chi connectivity index (χ0) is 13.7. The van der Waals surface area contributed by atoms with Gasteiger partial charge in [-0.1, -0.05) is 6.92 Å². The van der Waals surface area contributed by atoms with Crippen LogP contribution in [-0.2, 0) is 4.79 Å². The van der Waals surface area contributed by atoms with Gasteiger partial charge >= 0.3 is 0 Å². The van der Waals surface area contributed by atoms with Crippen LogP contribution in [0.4, 0.5) is 5.69 Å². The third-order valence-corrected chi connectivity index (χ3v) is 2.83. The van der Waals surface area contributed by atoms with Crippen LogP contribution >= 0.6 is 0 Å². The zero-order valence-electron chi connectivity index (χ0n) is 10.7. The smallest absolute Gasteiger partial charge is 0.228 e. The van der Waals surface area contributed by atoms with E-state index in [1.165, 1.54) is 17.3 Å². The molecule has 2 aromatic rings. The van der Waals surface area contributed by atoms with E-state index in [1.54, 1.807) is 18.3 Å². The van der Waals surface area contributed by atoms with Gasteiger partial charge in [-0.25, -0.2) is 14.6 Å². The van der Waals surface area contributed by atoms with Gasteiger partial charge < -0.3 is 11.1 Å². The second-order valence-electron chi connectivity index (χ2n) is 4.04. The summed E-state index contributed by atoms with van der Waals surface area (Å²) in [6, 6.07) is 3.52. The number of hydrogen-bond acceptors (Lipinski definition) is 5. The van der Waals surface area contributed by atoms with Crippen LogP contribution in [-0.4, -0.2) is 32.2 Å². The summed E-state index contributed by atoms with van der Waals surface area (Å²) in [4.78, 5) is 20.1. The highest BCUT2D eigenvalue weighted by Gasteiger charge is 2.16. The number of hydrogen-bond donors (Lipinski definition) is 2. The van der Waals surface area contributed by atoms with Crippen molar-refractivity contribution in [1.82, 2.24) is 19.7 Å². The van der Waals surface area contributed by atoms with Gasteiger partial charge in [0.2, 0.25) is 5.91 Å².